The summed E-state index contributed by atoms with van der Waals surface area (Å²) in [5, 5.41) is 3.93. The number of hydrogen-bond acceptors (Lipinski definition) is 4. The van der Waals surface area contributed by atoms with E-state index in [0.717, 1.165) is 30.3 Å². The fourth-order valence-electron chi connectivity index (χ4n) is 2.59. The van der Waals surface area contributed by atoms with Crippen molar-refractivity contribution in [1.82, 2.24) is 9.97 Å². The molecular weight excluding hydrogens is 284 g/mol. The van der Waals surface area contributed by atoms with Gasteiger partial charge >= 0.3 is 0 Å². The fraction of sp³-hybridized carbons (Fsp3) is 0.375. The van der Waals surface area contributed by atoms with Crippen molar-refractivity contribution in [2.75, 3.05) is 23.3 Å². The van der Waals surface area contributed by atoms with Gasteiger partial charge in [0.1, 0.15) is 5.82 Å². The molecule has 0 radical (unpaired) electrons. The Labute approximate surface area is 130 Å². The van der Waals surface area contributed by atoms with Crippen LogP contribution in [0, 0.1) is 6.92 Å². The second kappa shape index (κ2) is 6.31. The molecule has 1 fully saturated rings. The van der Waals surface area contributed by atoms with Gasteiger partial charge in [-0.25, -0.2) is 4.98 Å². The molecule has 2 aromatic rings. The third kappa shape index (κ3) is 3.64. The minimum absolute atomic E-state index is 0.623. The van der Waals surface area contributed by atoms with Gasteiger partial charge in [-0.15, -0.1) is 0 Å². The lowest BCUT2D eigenvalue weighted by molar-refractivity contribution is 0.573. The van der Waals surface area contributed by atoms with E-state index in [-0.39, 0.29) is 0 Å². The molecule has 5 heteroatoms. The Morgan fingerprint density at radius 2 is 1.90 bits per heavy atom. The molecule has 110 valence electrons. The first-order chi connectivity index (χ1) is 10.2. The van der Waals surface area contributed by atoms with Gasteiger partial charge in [-0.2, -0.15) is 4.98 Å². The lowest BCUT2D eigenvalue weighted by Gasteiger charge is -2.28. The highest BCUT2D eigenvalue weighted by Gasteiger charge is 2.13. The van der Waals surface area contributed by atoms with E-state index in [1.54, 1.807) is 0 Å². The number of benzene rings is 1. The van der Waals surface area contributed by atoms with Crippen molar-refractivity contribution in [3.8, 4) is 0 Å². The molecule has 1 aliphatic heterocycles. The largest absolute Gasteiger partial charge is 0.356 e. The first-order valence-electron chi connectivity index (χ1n) is 7.34. The predicted octanol–water partition coefficient (Wildman–Crippen LogP) is 4.17. The third-order valence-electron chi connectivity index (χ3n) is 3.60. The van der Waals surface area contributed by atoms with Gasteiger partial charge in [-0.3, -0.25) is 0 Å². The number of hydrogen-bond donors (Lipinski definition) is 1. The Kier molecular flexibility index (Phi) is 4.25. The van der Waals surface area contributed by atoms with Crippen molar-refractivity contribution in [2.45, 2.75) is 26.2 Å². The SMILES string of the molecule is Cc1cc(N2CCCCC2)nc(Nc2cccc(Cl)c2)n1. The van der Waals surface area contributed by atoms with E-state index in [9.17, 15) is 0 Å². The van der Waals surface area contributed by atoms with Crippen molar-refractivity contribution in [2.24, 2.45) is 0 Å². The van der Waals surface area contributed by atoms with Crippen LogP contribution in [-0.2, 0) is 0 Å². The molecular formula is C16H19ClN4. The molecule has 0 aliphatic carbocycles. The number of aromatic nitrogens is 2. The summed E-state index contributed by atoms with van der Waals surface area (Å²) in [6.45, 7) is 4.15. The molecule has 3 rings (SSSR count). The van der Waals surface area contributed by atoms with E-state index < -0.39 is 0 Å². The molecule has 0 bridgehead atoms. The number of rotatable bonds is 3. The van der Waals surface area contributed by atoms with Crippen LogP contribution in [0.25, 0.3) is 0 Å². The molecule has 0 unspecified atom stereocenters. The average Bonchev–Trinajstić information content (AvgIpc) is 2.47. The lowest BCUT2D eigenvalue weighted by atomic mass is 10.1. The molecule has 1 saturated heterocycles. The molecule has 0 spiro atoms. The Morgan fingerprint density at radius 3 is 2.67 bits per heavy atom. The second-order valence-electron chi connectivity index (χ2n) is 5.37. The maximum Gasteiger partial charge on any atom is 0.229 e. The van der Waals surface area contributed by atoms with Gasteiger partial charge in [0.05, 0.1) is 0 Å². The number of aryl methyl sites for hydroxylation is 1. The van der Waals surface area contributed by atoms with Crippen LogP contribution in [0.5, 0.6) is 0 Å². The Balaban J connectivity index is 1.83. The Morgan fingerprint density at radius 1 is 1.10 bits per heavy atom. The van der Waals surface area contributed by atoms with E-state index in [2.05, 4.69) is 26.3 Å². The quantitative estimate of drug-likeness (QED) is 0.924. The normalized spacial score (nSPS) is 15.0. The third-order valence-corrected chi connectivity index (χ3v) is 3.84. The van der Waals surface area contributed by atoms with Crippen LogP contribution in [0.3, 0.4) is 0 Å². The molecule has 1 aliphatic rings. The van der Waals surface area contributed by atoms with E-state index in [0.29, 0.717) is 11.0 Å². The van der Waals surface area contributed by atoms with Crippen molar-refractivity contribution >= 4 is 29.1 Å². The summed E-state index contributed by atoms with van der Waals surface area (Å²) in [5.74, 6) is 1.63. The number of piperidine rings is 1. The first kappa shape index (κ1) is 14.1. The summed E-state index contributed by atoms with van der Waals surface area (Å²) >= 11 is 6.01. The Hall–Kier alpha value is -1.81. The van der Waals surface area contributed by atoms with Crippen LogP contribution in [0.1, 0.15) is 25.0 Å². The van der Waals surface area contributed by atoms with Crippen LogP contribution in [0.4, 0.5) is 17.5 Å². The predicted molar refractivity (Wildman–Crippen MR) is 87.6 cm³/mol. The minimum Gasteiger partial charge on any atom is -0.356 e. The highest BCUT2D eigenvalue weighted by atomic mass is 35.5. The fourth-order valence-corrected chi connectivity index (χ4v) is 2.78. The second-order valence-corrected chi connectivity index (χ2v) is 5.81. The zero-order chi connectivity index (χ0) is 14.7. The van der Waals surface area contributed by atoms with Gasteiger partial charge in [-0.1, -0.05) is 17.7 Å². The van der Waals surface area contributed by atoms with Crippen LogP contribution in [0.15, 0.2) is 30.3 Å². The molecule has 4 nitrogen and oxygen atoms in total. The lowest BCUT2D eigenvalue weighted by Crippen LogP contribution is -2.30. The highest BCUT2D eigenvalue weighted by Crippen LogP contribution is 2.22. The first-order valence-corrected chi connectivity index (χ1v) is 7.72. The van der Waals surface area contributed by atoms with Crippen molar-refractivity contribution in [3.05, 3.63) is 41.0 Å². The van der Waals surface area contributed by atoms with Gasteiger partial charge in [0.25, 0.3) is 0 Å². The van der Waals surface area contributed by atoms with Gasteiger partial charge in [0, 0.05) is 35.6 Å². The zero-order valence-electron chi connectivity index (χ0n) is 12.1. The summed E-state index contributed by atoms with van der Waals surface area (Å²) in [4.78, 5) is 11.4. The monoisotopic (exact) mass is 302 g/mol. The van der Waals surface area contributed by atoms with E-state index >= 15 is 0 Å². The number of halogens is 1. The van der Waals surface area contributed by atoms with Crippen LogP contribution >= 0.6 is 11.6 Å². The van der Waals surface area contributed by atoms with Gasteiger partial charge < -0.3 is 10.2 Å². The topological polar surface area (TPSA) is 41.1 Å². The van der Waals surface area contributed by atoms with Gasteiger partial charge in [0.2, 0.25) is 5.95 Å². The molecule has 21 heavy (non-hydrogen) atoms. The average molecular weight is 303 g/mol. The smallest absolute Gasteiger partial charge is 0.229 e. The summed E-state index contributed by atoms with van der Waals surface area (Å²) in [7, 11) is 0. The summed E-state index contributed by atoms with van der Waals surface area (Å²) in [6, 6.07) is 9.63. The Bertz CT molecular complexity index is 623. The summed E-state index contributed by atoms with van der Waals surface area (Å²) in [6.07, 6.45) is 3.79. The molecule has 1 aromatic carbocycles. The van der Waals surface area contributed by atoms with E-state index in [1.807, 2.05) is 31.2 Å². The van der Waals surface area contributed by atoms with Gasteiger partial charge in [0.15, 0.2) is 0 Å². The number of nitrogens with zero attached hydrogens (tertiary/aromatic N) is 3. The highest BCUT2D eigenvalue weighted by molar-refractivity contribution is 6.30. The minimum atomic E-state index is 0.623. The molecule has 0 amide bonds. The molecule has 2 heterocycles. The van der Waals surface area contributed by atoms with Crippen molar-refractivity contribution in [3.63, 3.8) is 0 Å². The maximum absolute atomic E-state index is 6.01. The van der Waals surface area contributed by atoms with Crippen LogP contribution in [-0.4, -0.2) is 23.1 Å². The molecule has 0 atom stereocenters. The van der Waals surface area contributed by atoms with E-state index in [4.69, 9.17) is 11.6 Å². The standard InChI is InChI=1S/C16H19ClN4/c1-12-10-15(21-8-3-2-4-9-21)20-16(18-12)19-14-7-5-6-13(17)11-14/h5-7,10-11H,2-4,8-9H2,1H3,(H,18,19,20). The van der Waals surface area contributed by atoms with Crippen molar-refractivity contribution in [1.29, 1.82) is 0 Å². The summed E-state index contributed by atoms with van der Waals surface area (Å²) in [5.41, 5.74) is 1.87. The summed E-state index contributed by atoms with van der Waals surface area (Å²) < 4.78 is 0. The van der Waals surface area contributed by atoms with Gasteiger partial charge in [-0.05, 0) is 44.4 Å². The number of nitrogens with one attached hydrogen (secondary N) is 1. The molecule has 1 aromatic heterocycles. The number of anilines is 3. The zero-order valence-corrected chi connectivity index (χ0v) is 12.9. The van der Waals surface area contributed by atoms with Crippen LogP contribution < -0.4 is 10.2 Å². The van der Waals surface area contributed by atoms with E-state index in [1.165, 1.54) is 19.3 Å². The van der Waals surface area contributed by atoms with Crippen LogP contribution in [0.2, 0.25) is 5.02 Å². The molecule has 0 saturated carbocycles. The maximum atomic E-state index is 6.01. The van der Waals surface area contributed by atoms with Crippen molar-refractivity contribution < 1.29 is 0 Å². The molecule has 1 N–H and O–H groups in total.